The smallest absolute Gasteiger partial charge is 0.332 e. The Bertz CT molecular complexity index is 533. The molecule has 0 radical (unpaired) electrons. The van der Waals surface area contributed by atoms with Crippen LogP contribution < -0.4 is 9.47 Å². The lowest BCUT2D eigenvalue weighted by molar-refractivity contribution is -0.386. The summed E-state index contributed by atoms with van der Waals surface area (Å²) >= 11 is 0. The Hall–Kier alpha value is -2.62. The molecule has 1 rings (SSSR count). The second-order valence-electron chi connectivity index (χ2n) is 3.18. The lowest BCUT2D eigenvalue weighted by atomic mass is 10.1. The predicted molar refractivity (Wildman–Crippen MR) is 60.3 cm³/mol. The van der Waals surface area contributed by atoms with Crippen LogP contribution in [-0.2, 0) is 4.79 Å². The van der Waals surface area contributed by atoms with Crippen molar-refractivity contribution < 1.29 is 19.2 Å². The second kappa shape index (κ2) is 5.63. The minimum absolute atomic E-state index is 0.0740. The van der Waals surface area contributed by atoms with Gasteiger partial charge >= 0.3 is 11.7 Å². The molecule has 18 heavy (non-hydrogen) atoms. The Morgan fingerprint density at radius 2 is 2.22 bits per heavy atom. The summed E-state index contributed by atoms with van der Waals surface area (Å²) in [6.45, 7) is 2.93. The fourth-order valence-electron chi connectivity index (χ4n) is 1.34. The van der Waals surface area contributed by atoms with Gasteiger partial charge in [0.05, 0.1) is 11.5 Å². The van der Waals surface area contributed by atoms with Gasteiger partial charge in [0.15, 0.2) is 5.75 Å². The van der Waals surface area contributed by atoms with Crippen molar-refractivity contribution in [2.75, 3.05) is 6.61 Å². The van der Waals surface area contributed by atoms with Crippen LogP contribution >= 0.6 is 0 Å². The molecule has 0 spiro atoms. The van der Waals surface area contributed by atoms with Crippen LogP contribution in [0, 0.1) is 21.4 Å². The van der Waals surface area contributed by atoms with Crippen LogP contribution in [0.15, 0.2) is 12.1 Å². The Labute approximate surface area is 103 Å². The summed E-state index contributed by atoms with van der Waals surface area (Å²) in [7, 11) is 0. The zero-order chi connectivity index (χ0) is 13.7. The quantitative estimate of drug-likeness (QED) is 0.349. The van der Waals surface area contributed by atoms with Crippen LogP contribution in [0.2, 0.25) is 0 Å². The number of hydrogen-bond acceptors (Lipinski definition) is 6. The van der Waals surface area contributed by atoms with E-state index in [4.69, 9.17) is 14.7 Å². The SMILES string of the molecule is CCOc1c(OC(C)=O)ccc(C#N)c1[N+](=O)[O-]. The summed E-state index contributed by atoms with van der Waals surface area (Å²) in [5.74, 6) is -0.915. The first-order valence-corrected chi connectivity index (χ1v) is 5.04. The van der Waals surface area contributed by atoms with Gasteiger partial charge < -0.3 is 9.47 Å². The molecule has 94 valence electrons. The molecule has 0 amide bonds. The molecule has 0 atom stereocenters. The first-order valence-electron chi connectivity index (χ1n) is 5.04. The van der Waals surface area contributed by atoms with Gasteiger partial charge in [0.25, 0.3) is 0 Å². The van der Waals surface area contributed by atoms with E-state index in [1.54, 1.807) is 13.0 Å². The molecule has 1 aromatic rings. The van der Waals surface area contributed by atoms with Crippen molar-refractivity contribution in [3.63, 3.8) is 0 Å². The van der Waals surface area contributed by atoms with E-state index < -0.39 is 16.6 Å². The molecule has 0 aliphatic heterocycles. The van der Waals surface area contributed by atoms with Crippen LogP contribution in [0.25, 0.3) is 0 Å². The molecule has 0 saturated heterocycles. The third-order valence-electron chi connectivity index (χ3n) is 1.94. The molecule has 0 aliphatic carbocycles. The van der Waals surface area contributed by atoms with Crippen molar-refractivity contribution in [2.45, 2.75) is 13.8 Å². The second-order valence-corrected chi connectivity index (χ2v) is 3.18. The molecule has 0 aliphatic rings. The summed E-state index contributed by atoms with van der Waals surface area (Å²) < 4.78 is 9.91. The lowest BCUT2D eigenvalue weighted by Crippen LogP contribution is -2.07. The number of esters is 1. The van der Waals surface area contributed by atoms with Crippen LogP contribution in [0.1, 0.15) is 19.4 Å². The average Bonchev–Trinajstić information content (AvgIpc) is 2.30. The van der Waals surface area contributed by atoms with Crippen molar-refractivity contribution >= 4 is 11.7 Å². The maximum Gasteiger partial charge on any atom is 0.332 e. The van der Waals surface area contributed by atoms with Crippen molar-refractivity contribution in [1.29, 1.82) is 5.26 Å². The molecule has 1 aromatic carbocycles. The Morgan fingerprint density at radius 3 is 2.67 bits per heavy atom. The van der Waals surface area contributed by atoms with Gasteiger partial charge in [0.2, 0.25) is 5.75 Å². The van der Waals surface area contributed by atoms with Crippen molar-refractivity contribution in [3.8, 4) is 17.6 Å². The van der Waals surface area contributed by atoms with Gasteiger partial charge in [0.1, 0.15) is 11.6 Å². The van der Waals surface area contributed by atoms with E-state index in [9.17, 15) is 14.9 Å². The first kappa shape index (κ1) is 13.4. The number of nitriles is 1. The first-order chi connectivity index (χ1) is 8.51. The van der Waals surface area contributed by atoms with E-state index in [-0.39, 0.29) is 23.7 Å². The molecular formula is C11H10N2O5. The molecular weight excluding hydrogens is 240 g/mol. The number of nitro benzene ring substituents is 1. The number of rotatable bonds is 4. The van der Waals surface area contributed by atoms with Gasteiger partial charge in [-0.2, -0.15) is 5.26 Å². The number of nitro groups is 1. The van der Waals surface area contributed by atoms with Crippen molar-refractivity contribution in [1.82, 2.24) is 0 Å². The highest BCUT2D eigenvalue weighted by atomic mass is 16.6. The molecule has 7 nitrogen and oxygen atoms in total. The average molecular weight is 250 g/mol. The molecule has 0 bridgehead atoms. The van der Waals surface area contributed by atoms with Gasteiger partial charge in [-0.05, 0) is 19.1 Å². The molecule has 0 aromatic heterocycles. The topological polar surface area (TPSA) is 102 Å². The standard InChI is InChI=1S/C11H10N2O5/c1-3-17-11-9(18-7(2)14)5-4-8(6-12)10(11)13(15)16/h4-5H,3H2,1-2H3. The number of nitrogens with zero attached hydrogens (tertiary/aromatic N) is 2. The minimum Gasteiger partial charge on any atom is -0.484 e. The summed E-state index contributed by atoms with van der Waals surface area (Å²) in [5, 5.41) is 19.8. The number of carbonyl (C=O) groups excluding carboxylic acids is 1. The van der Waals surface area contributed by atoms with E-state index in [1.165, 1.54) is 19.1 Å². The summed E-state index contributed by atoms with van der Waals surface area (Å²) in [4.78, 5) is 21.1. The van der Waals surface area contributed by atoms with E-state index in [0.717, 1.165) is 0 Å². The fraction of sp³-hybridized carbons (Fsp3) is 0.273. The zero-order valence-corrected chi connectivity index (χ0v) is 9.80. The number of ether oxygens (including phenoxy) is 2. The minimum atomic E-state index is -0.740. The number of carbonyl (C=O) groups is 1. The van der Waals surface area contributed by atoms with Gasteiger partial charge in [-0.15, -0.1) is 0 Å². The van der Waals surface area contributed by atoms with Crippen LogP contribution in [0.5, 0.6) is 11.5 Å². The monoisotopic (exact) mass is 250 g/mol. The third kappa shape index (κ3) is 2.74. The third-order valence-corrected chi connectivity index (χ3v) is 1.94. The molecule has 0 saturated carbocycles. The van der Waals surface area contributed by atoms with E-state index >= 15 is 0 Å². The van der Waals surface area contributed by atoms with E-state index in [2.05, 4.69) is 0 Å². The van der Waals surface area contributed by atoms with Crippen molar-refractivity contribution in [2.24, 2.45) is 0 Å². The Morgan fingerprint density at radius 1 is 1.56 bits per heavy atom. The number of hydrogen-bond donors (Lipinski definition) is 0. The summed E-state index contributed by atoms with van der Waals surface area (Å²) in [5.41, 5.74) is -0.655. The molecule has 0 fully saturated rings. The summed E-state index contributed by atoms with van der Waals surface area (Å²) in [6.07, 6.45) is 0. The van der Waals surface area contributed by atoms with Crippen molar-refractivity contribution in [3.05, 3.63) is 27.8 Å². The normalized spacial score (nSPS) is 9.39. The molecule has 7 heteroatoms. The van der Waals surface area contributed by atoms with Crippen LogP contribution in [-0.4, -0.2) is 17.5 Å². The molecule has 0 N–H and O–H groups in total. The predicted octanol–water partition coefficient (Wildman–Crippen LogP) is 1.79. The van der Waals surface area contributed by atoms with E-state index in [1.807, 2.05) is 0 Å². The van der Waals surface area contributed by atoms with Gasteiger partial charge in [-0.25, -0.2) is 0 Å². The van der Waals surface area contributed by atoms with Crippen LogP contribution in [0.4, 0.5) is 5.69 Å². The van der Waals surface area contributed by atoms with E-state index in [0.29, 0.717) is 0 Å². The lowest BCUT2D eigenvalue weighted by Gasteiger charge is -2.10. The fourth-order valence-corrected chi connectivity index (χ4v) is 1.34. The molecule has 0 unspecified atom stereocenters. The highest BCUT2D eigenvalue weighted by molar-refractivity contribution is 5.73. The molecule has 0 heterocycles. The van der Waals surface area contributed by atoms with Gasteiger partial charge in [0, 0.05) is 6.92 Å². The maximum atomic E-state index is 10.9. The van der Waals surface area contributed by atoms with Gasteiger partial charge in [-0.3, -0.25) is 14.9 Å². The Balaban J connectivity index is 3.46. The Kier molecular flexibility index (Phi) is 4.21. The largest absolute Gasteiger partial charge is 0.484 e. The highest BCUT2D eigenvalue weighted by Gasteiger charge is 2.26. The number of benzene rings is 1. The zero-order valence-electron chi connectivity index (χ0n) is 9.80. The highest BCUT2D eigenvalue weighted by Crippen LogP contribution is 2.39. The van der Waals surface area contributed by atoms with Crippen LogP contribution in [0.3, 0.4) is 0 Å². The maximum absolute atomic E-state index is 10.9. The summed E-state index contributed by atoms with van der Waals surface area (Å²) in [6, 6.07) is 4.19. The van der Waals surface area contributed by atoms with Gasteiger partial charge in [-0.1, -0.05) is 0 Å².